The summed E-state index contributed by atoms with van der Waals surface area (Å²) >= 11 is 1.72. The molecule has 0 amide bonds. The predicted octanol–water partition coefficient (Wildman–Crippen LogP) is 2.68. The lowest BCUT2D eigenvalue weighted by molar-refractivity contribution is 0.524. The van der Waals surface area contributed by atoms with Gasteiger partial charge in [0, 0.05) is 11.8 Å². The van der Waals surface area contributed by atoms with E-state index in [1.807, 2.05) is 30.3 Å². The zero-order chi connectivity index (χ0) is 14.3. The van der Waals surface area contributed by atoms with Gasteiger partial charge in [0.05, 0.1) is 5.69 Å². The Morgan fingerprint density at radius 1 is 1.19 bits per heavy atom. The molecule has 2 aromatic rings. The molecule has 0 radical (unpaired) electrons. The van der Waals surface area contributed by atoms with Gasteiger partial charge in [-0.15, -0.1) is 5.10 Å². The molecule has 1 heterocycles. The number of nitrogens with one attached hydrogen (secondary N) is 1. The van der Waals surface area contributed by atoms with E-state index in [-0.39, 0.29) is 0 Å². The minimum absolute atomic E-state index is 0.754. The van der Waals surface area contributed by atoms with E-state index in [1.54, 1.807) is 16.4 Å². The van der Waals surface area contributed by atoms with Crippen molar-refractivity contribution in [3.8, 4) is 5.69 Å². The molecule has 0 aliphatic heterocycles. The molecular weight excluding hydrogens is 282 g/mol. The van der Waals surface area contributed by atoms with Crippen molar-refractivity contribution in [2.75, 3.05) is 12.3 Å². The third-order valence-electron chi connectivity index (χ3n) is 3.78. The molecule has 3 rings (SSSR count). The highest BCUT2D eigenvalue weighted by Crippen LogP contribution is 2.19. The lowest BCUT2D eigenvalue weighted by atomic mass is 10.2. The number of thioether (sulfide) groups is 1. The second-order valence-corrected chi connectivity index (χ2v) is 6.41. The molecular formula is C15H21N5S. The minimum atomic E-state index is 0.754. The van der Waals surface area contributed by atoms with Gasteiger partial charge in [-0.3, -0.25) is 0 Å². The average Bonchev–Trinajstić information content (AvgIpc) is 3.19. The van der Waals surface area contributed by atoms with Crippen LogP contribution in [0, 0.1) is 0 Å². The first-order valence-corrected chi connectivity index (χ1v) is 8.62. The van der Waals surface area contributed by atoms with Crippen molar-refractivity contribution >= 4 is 11.8 Å². The Kier molecular flexibility index (Phi) is 5.23. The first-order valence-electron chi connectivity index (χ1n) is 7.63. The van der Waals surface area contributed by atoms with Crippen molar-refractivity contribution in [2.45, 2.75) is 43.3 Å². The van der Waals surface area contributed by atoms with Crippen LogP contribution in [0.3, 0.4) is 0 Å². The largest absolute Gasteiger partial charge is 0.314 e. The van der Waals surface area contributed by atoms with Gasteiger partial charge >= 0.3 is 0 Å². The van der Waals surface area contributed by atoms with Gasteiger partial charge in [0.25, 0.3) is 0 Å². The Hall–Kier alpha value is -1.40. The molecule has 1 aliphatic carbocycles. The number of hydrogen-bond acceptors (Lipinski definition) is 5. The Morgan fingerprint density at radius 2 is 2.00 bits per heavy atom. The molecule has 1 aliphatic rings. The van der Waals surface area contributed by atoms with Gasteiger partial charge < -0.3 is 5.32 Å². The first kappa shape index (κ1) is 14.5. The van der Waals surface area contributed by atoms with Crippen LogP contribution in [-0.2, 0) is 0 Å². The van der Waals surface area contributed by atoms with Gasteiger partial charge in [-0.05, 0) is 48.4 Å². The molecule has 112 valence electrons. The number of aromatic nitrogens is 4. The zero-order valence-electron chi connectivity index (χ0n) is 12.1. The molecule has 5 nitrogen and oxygen atoms in total. The standard InChI is InChI=1S/C15H21N5S/c1-2-9-14(10-3-1)20-15(17-18-19-20)21-12-6-11-16-13-7-4-5-8-13/h1-3,9-10,13,16H,4-8,11-12H2. The van der Waals surface area contributed by atoms with Crippen molar-refractivity contribution in [1.29, 1.82) is 0 Å². The maximum atomic E-state index is 4.11. The topological polar surface area (TPSA) is 55.6 Å². The van der Waals surface area contributed by atoms with Crippen molar-refractivity contribution in [2.24, 2.45) is 0 Å². The van der Waals surface area contributed by atoms with Crippen LogP contribution in [0.4, 0.5) is 0 Å². The number of tetrazole rings is 1. The zero-order valence-corrected chi connectivity index (χ0v) is 12.9. The summed E-state index contributed by atoms with van der Waals surface area (Å²) in [7, 11) is 0. The van der Waals surface area contributed by atoms with Crippen molar-refractivity contribution in [3.63, 3.8) is 0 Å². The van der Waals surface area contributed by atoms with E-state index < -0.39 is 0 Å². The Balaban J connectivity index is 1.44. The maximum Gasteiger partial charge on any atom is 0.214 e. The van der Waals surface area contributed by atoms with Crippen LogP contribution in [0.2, 0.25) is 0 Å². The summed E-state index contributed by atoms with van der Waals surface area (Å²) in [4.78, 5) is 0. The molecule has 1 aromatic carbocycles. The molecule has 1 aromatic heterocycles. The number of para-hydroxylation sites is 1. The maximum absolute atomic E-state index is 4.11. The van der Waals surface area contributed by atoms with Gasteiger partial charge in [0.2, 0.25) is 5.16 Å². The van der Waals surface area contributed by atoms with Gasteiger partial charge in [0.15, 0.2) is 0 Å². The SMILES string of the molecule is c1ccc(-n2nnnc2SCCCNC2CCCC2)cc1. The summed E-state index contributed by atoms with van der Waals surface area (Å²) in [6, 6.07) is 10.8. The molecule has 21 heavy (non-hydrogen) atoms. The minimum Gasteiger partial charge on any atom is -0.314 e. The van der Waals surface area contributed by atoms with Crippen LogP contribution in [0.15, 0.2) is 35.5 Å². The third kappa shape index (κ3) is 4.04. The summed E-state index contributed by atoms with van der Waals surface area (Å²) in [5.41, 5.74) is 1.01. The molecule has 6 heteroatoms. The van der Waals surface area contributed by atoms with Crippen LogP contribution in [0.5, 0.6) is 0 Å². The highest BCUT2D eigenvalue weighted by molar-refractivity contribution is 7.99. The molecule has 1 fully saturated rings. The monoisotopic (exact) mass is 303 g/mol. The lowest BCUT2D eigenvalue weighted by Crippen LogP contribution is -2.27. The van der Waals surface area contributed by atoms with Gasteiger partial charge in [-0.25, -0.2) is 0 Å². The molecule has 0 spiro atoms. The van der Waals surface area contributed by atoms with Crippen LogP contribution in [0.1, 0.15) is 32.1 Å². The van der Waals surface area contributed by atoms with Crippen LogP contribution < -0.4 is 5.32 Å². The predicted molar refractivity (Wildman–Crippen MR) is 84.8 cm³/mol. The van der Waals surface area contributed by atoms with E-state index in [0.29, 0.717) is 0 Å². The fraction of sp³-hybridized carbons (Fsp3) is 0.533. The summed E-state index contributed by atoms with van der Waals surface area (Å²) in [5, 5.41) is 16.5. The molecule has 0 saturated heterocycles. The summed E-state index contributed by atoms with van der Waals surface area (Å²) in [6.45, 7) is 1.09. The number of benzene rings is 1. The fourth-order valence-electron chi connectivity index (χ4n) is 2.67. The Labute approximate surface area is 129 Å². The van der Waals surface area contributed by atoms with Crippen molar-refractivity contribution in [1.82, 2.24) is 25.5 Å². The van der Waals surface area contributed by atoms with Crippen LogP contribution >= 0.6 is 11.8 Å². The molecule has 1 N–H and O–H groups in total. The van der Waals surface area contributed by atoms with Crippen LogP contribution in [-0.4, -0.2) is 38.5 Å². The van der Waals surface area contributed by atoms with Crippen molar-refractivity contribution in [3.05, 3.63) is 30.3 Å². The summed E-state index contributed by atoms with van der Waals surface area (Å²) in [6.07, 6.45) is 6.61. The number of hydrogen-bond donors (Lipinski definition) is 1. The highest BCUT2D eigenvalue weighted by Gasteiger charge is 2.13. The smallest absolute Gasteiger partial charge is 0.214 e. The summed E-state index contributed by atoms with van der Waals surface area (Å²) in [5.74, 6) is 1.03. The van der Waals surface area contributed by atoms with Gasteiger partial charge in [-0.1, -0.05) is 42.8 Å². The van der Waals surface area contributed by atoms with E-state index in [1.165, 1.54) is 25.7 Å². The van der Waals surface area contributed by atoms with E-state index >= 15 is 0 Å². The van der Waals surface area contributed by atoms with E-state index in [4.69, 9.17) is 0 Å². The second kappa shape index (κ2) is 7.56. The Bertz CT molecular complexity index is 536. The molecule has 0 atom stereocenters. The first-order chi connectivity index (χ1) is 10.4. The van der Waals surface area contributed by atoms with E-state index in [0.717, 1.165) is 35.6 Å². The second-order valence-electron chi connectivity index (χ2n) is 5.35. The normalized spacial score (nSPS) is 15.6. The van der Waals surface area contributed by atoms with Crippen molar-refractivity contribution < 1.29 is 0 Å². The van der Waals surface area contributed by atoms with E-state index in [2.05, 4.69) is 20.8 Å². The average molecular weight is 303 g/mol. The number of nitrogens with zero attached hydrogens (tertiary/aromatic N) is 4. The summed E-state index contributed by atoms with van der Waals surface area (Å²) < 4.78 is 1.80. The van der Waals surface area contributed by atoms with E-state index in [9.17, 15) is 0 Å². The highest BCUT2D eigenvalue weighted by atomic mass is 32.2. The molecule has 0 unspecified atom stereocenters. The Morgan fingerprint density at radius 3 is 2.81 bits per heavy atom. The molecule has 1 saturated carbocycles. The van der Waals surface area contributed by atoms with Crippen LogP contribution in [0.25, 0.3) is 5.69 Å². The third-order valence-corrected chi connectivity index (χ3v) is 4.79. The van der Waals surface area contributed by atoms with Gasteiger partial charge in [0.1, 0.15) is 0 Å². The lowest BCUT2D eigenvalue weighted by Gasteiger charge is -2.11. The molecule has 0 bridgehead atoms. The number of rotatable bonds is 7. The quantitative estimate of drug-likeness (QED) is 0.629. The fourth-order valence-corrected chi connectivity index (χ4v) is 3.50. The van der Waals surface area contributed by atoms with Gasteiger partial charge in [-0.2, -0.15) is 4.68 Å².